The summed E-state index contributed by atoms with van der Waals surface area (Å²) in [7, 11) is 0. The van der Waals surface area contributed by atoms with Crippen molar-refractivity contribution < 1.29 is 28.8 Å². The topological polar surface area (TPSA) is 131 Å². The first-order valence-corrected chi connectivity index (χ1v) is 13.8. The van der Waals surface area contributed by atoms with Gasteiger partial charge in [-0.05, 0) is 71.4 Å². The Morgan fingerprint density at radius 3 is 2.62 bits per heavy atom. The molecule has 14 heteroatoms. The monoisotopic (exact) mass is 636 g/mol. The molecule has 1 aliphatic heterocycles. The quantitative estimate of drug-likeness (QED) is 0.272. The van der Waals surface area contributed by atoms with Crippen LogP contribution in [-0.2, 0) is 4.74 Å². The smallest absolute Gasteiger partial charge is 0.173 e. The Bertz CT molecular complexity index is 1580. The van der Waals surface area contributed by atoms with Gasteiger partial charge in [-0.15, -0.1) is 5.10 Å². The number of nitrogens with zero attached hydrogens (tertiary/aromatic N) is 6. The number of aromatic nitrogens is 6. The first kappa shape index (κ1) is 27.4. The number of hydrogen-bond acceptors (Lipinski definition) is 8. The molecule has 0 bridgehead atoms. The lowest BCUT2D eigenvalue weighted by atomic mass is 9.92. The average molecular weight is 638 g/mol. The first-order valence-electron chi connectivity index (χ1n) is 12.6. The van der Waals surface area contributed by atoms with Crippen molar-refractivity contribution in [3.63, 3.8) is 0 Å². The summed E-state index contributed by atoms with van der Waals surface area (Å²) < 4.78 is 37.4. The summed E-state index contributed by atoms with van der Waals surface area (Å²) in [6, 6.07) is 7.01. The number of aliphatic hydroxyl groups is 3. The van der Waals surface area contributed by atoms with E-state index in [4.69, 9.17) is 16.3 Å². The van der Waals surface area contributed by atoms with Crippen LogP contribution in [0.1, 0.15) is 48.1 Å². The van der Waals surface area contributed by atoms with Crippen molar-refractivity contribution in [1.82, 2.24) is 29.8 Å². The number of benzene rings is 2. The molecule has 2 aromatic heterocycles. The van der Waals surface area contributed by atoms with Gasteiger partial charge < -0.3 is 20.1 Å². The molecule has 10 nitrogen and oxygen atoms in total. The zero-order valence-corrected chi connectivity index (χ0v) is 23.3. The number of aryl methyl sites for hydroxylation is 1. The largest absolute Gasteiger partial charge is 0.394 e. The van der Waals surface area contributed by atoms with Crippen LogP contribution in [-0.4, -0.2) is 70.0 Å². The lowest BCUT2D eigenvalue weighted by Gasteiger charge is -2.41. The molecule has 0 unspecified atom stereocenters. The minimum atomic E-state index is -1.45. The van der Waals surface area contributed by atoms with Crippen molar-refractivity contribution in [2.75, 3.05) is 6.61 Å². The van der Waals surface area contributed by atoms with Gasteiger partial charge in [-0.25, -0.2) is 23.1 Å². The van der Waals surface area contributed by atoms with Crippen LogP contribution >= 0.6 is 27.5 Å². The maximum absolute atomic E-state index is 14.6. The molecule has 1 saturated carbocycles. The predicted octanol–water partition coefficient (Wildman–Crippen LogP) is 3.80. The minimum absolute atomic E-state index is 0.0149. The van der Waals surface area contributed by atoms with Gasteiger partial charge >= 0.3 is 0 Å². The highest BCUT2D eigenvalue weighted by Gasteiger charge is 2.48. The zero-order valence-electron chi connectivity index (χ0n) is 21.0. The Hall–Kier alpha value is -2.81. The van der Waals surface area contributed by atoms with Crippen LogP contribution in [0.2, 0.25) is 5.02 Å². The van der Waals surface area contributed by atoms with Gasteiger partial charge in [0.1, 0.15) is 42.0 Å². The highest BCUT2D eigenvalue weighted by Crippen LogP contribution is 2.45. The predicted molar refractivity (Wildman–Crippen MR) is 142 cm³/mol. The van der Waals surface area contributed by atoms with Crippen molar-refractivity contribution in [1.29, 1.82) is 0 Å². The van der Waals surface area contributed by atoms with Crippen molar-refractivity contribution in [2.45, 2.75) is 56.1 Å². The number of rotatable bonds is 6. The second-order valence-corrected chi connectivity index (χ2v) is 11.3. The second-order valence-electron chi connectivity index (χ2n) is 9.96. The summed E-state index contributed by atoms with van der Waals surface area (Å²) in [5, 5.41) is 45.6. The number of ether oxygens (including phenoxy) is 1. The maximum atomic E-state index is 14.6. The van der Waals surface area contributed by atoms with Crippen LogP contribution < -0.4 is 0 Å². The molecule has 2 aliphatic rings. The SMILES string of the molecule is Cc1nc([C@@H]2O[C@H](CO)[C@H](O)[C@H](n3cc(-c4ccc(Br)c(F)c4F)nn3)[C@H]2O)n(-c2cc(Cl)ccc2C2CC2)n1. The van der Waals surface area contributed by atoms with Crippen LogP contribution in [0.5, 0.6) is 0 Å². The minimum Gasteiger partial charge on any atom is -0.394 e. The third kappa shape index (κ3) is 4.74. The Labute approximate surface area is 240 Å². The van der Waals surface area contributed by atoms with E-state index in [1.54, 1.807) is 17.7 Å². The summed E-state index contributed by atoms with van der Waals surface area (Å²) in [6.07, 6.45) is -1.84. The number of halogens is 4. The second kappa shape index (κ2) is 10.5. The van der Waals surface area contributed by atoms with Gasteiger partial charge in [-0.1, -0.05) is 22.9 Å². The van der Waals surface area contributed by atoms with E-state index >= 15 is 0 Å². The van der Waals surface area contributed by atoms with E-state index < -0.39 is 48.7 Å². The molecular formula is C26H24BrClF2N6O4. The lowest BCUT2D eigenvalue weighted by Crippen LogP contribution is -2.53. The van der Waals surface area contributed by atoms with Crippen molar-refractivity contribution in [3.8, 4) is 16.9 Å². The maximum Gasteiger partial charge on any atom is 0.173 e. The van der Waals surface area contributed by atoms with Gasteiger partial charge in [0.15, 0.2) is 17.5 Å². The van der Waals surface area contributed by atoms with Crippen LogP contribution in [0.4, 0.5) is 8.78 Å². The van der Waals surface area contributed by atoms with E-state index in [0.717, 1.165) is 23.1 Å². The molecule has 2 aromatic carbocycles. The molecule has 210 valence electrons. The van der Waals surface area contributed by atoms with Crippen LogP contribution in [0.3, 0.4) is 0 Å². The molecule has 2 fully saturated rings. The molecule has 1 aliphatic carbocycles. The van der Waals surface area contributed by atoms with Crippen LogP contribution in [0.25, 0.3) is 16.9 Å². The summed E-state index contributed by atoms with van der Waals surface area (Å²) in [5.74, 6) is -1.21. The first-order chi connectivity index (χ1) is 19.2. The van der Waals surface area contributed by atoms with Gasteiger partial charge in [-0.3, -0.25) is 0 Å². The molecule has 5 atom stereocenters. The third-order valence-corrected chi connectivity index (χ3v) is 8.10. The molecule has 0 spiro atoms. The van der Waals surface area contributed by atoms with E-state index in [2.05, 4.69) is 36.3 Å². The molecular weight excluding hydrogens is 614 g/mol. The highest BCUT2D eigenvalue weighted by atomic mass is 79.9. The average Bonchev–Trinajstić information content (AvgIpc) is 3.54. The Morgan fingerprint density at radius 1 is 1.12 bits per heavy atom. The van der Waals surface area contributed by atoms with Gasteiger partial charge in [0.25, 0.3) is 0 Å². The fourth-order valence-electron chi connectivity index (χ4n) is 5.13. The van der Waals surface area contributed by atoms with Crippen LogP contribution in [0.15, 0.2) is 41.0 Å². The highest BCUT2D eigenvalue weighted by molar-refractivity contribution is 9.10. The fourth-order valence-corrected chi connectivity index (χ4v) is 5.60. The number of hydrogen-bond donors (Lipinski definition) is 3. The Kier molecular flexibility index (Phi) is 7.21. The van der Waals surface area contributed by atoms with E-state index in [1.165, 1.54) is 18.3 Å². The normalized spacial score (nSPS) is 24.9. The summed E-state index contributed by atoms with van der Waals surface area (Å²) in [5.41, 5.74) is 1.56. The van der Waals surface area contributed by atoms with E-state index in [1.807, 2.05) is 12.1 Å². The van der Waals surface area contributed by atoms with Gasteiger partial charge in [0.2, 0.25) is 0 Å². The number of aliphatic hydroxyl groups excluding tert-OH is 3. The van der Waals surface area contributed by atoms with Gasteiger partial charge in [-0.2, -0.15) is 5.10 Å². The van der Waals surface area contributed by atoms with E-state index in [-0.39, 0.29) is 21.6 Å². The Morgan fingerprint density at radius 2 is 1.90 bits per heavy atom. The van der Waals surface area contributed by atoms with E-state index in [9.17, 15) is 24.1 Å². The summed E-state index contributed by atoms with van der Waals surface area (Å²) >= 11 is 9.28. The summed E-state index contributed by atoms with van der Waals surface area (Å²) in [4.78, 5) is 4.54. The standard InChI is InChI=1S/C26H24BrClF2N6O4/c1-11-31-26(36(33-11)18-8-13(28)4-5-14(18)12-2-3-12)25-24(39)22(23(38)19(10-37)40-25)35-9-17(32-34-35)15-6-7-16(27)21(30)20(15)29/h4-9,12,19,22-25,37-39H,2-3,10H2,1H3/t19-,22+,23+,24-,25-/m1/s1. The molecule has 1 saturated heterocycles. The van der Waals surface area contributed by atoms with Crippen LogP contribution in [0, 0.1) is 18.6 Å². The van der Waals surface area contributed by atoms with Gasteiger partial charge in [0.05, 0.1) is 23.0 Å². The Balaban J connectivity index is 1.40. The van der Waals surface area contributed by atoms with Crippen molar-refractivity contribution in [3.05, 3.63) is 74.9 Å². The molecule has 3 N–H and O–H groups in total. The molecule has 6 rings (SSSR count). The van der Waals surface area contributed by atoms with Gasteiger partial charge in [0, 0.05) is 10.6 Å². The molecule has 0 amide bonds. The zero-order chi connectivity index (χ0) is 28.3. The van der Waals surface area contributed by atoms with Crippen molar-refractivity contribution >= 4 is 27.5 Å². The molecule has 4 aromatic rings. The summed E-state index contributed by atoms with van der Waals surface area (Å²) in [6.45, 7) is 1.12. The van der Waals surface area contributed by atoms with E-state index in [0.29, 0.717) is 22.5 Å². The fraction of sp³-hybridized carbons (Fsp3) is 0.385. The van der Waals surface area contributed by atoms with Crippen molar-refractivity contribution in [2.24, 2.45) is 0 Å². The molecule has 0 radical (unpaired) electrons. The third-order valence-electron chi connectivity index (χ3n) is 7.25. The molecule has 40 heavy (non-hydrogen) atoms. The lowest BCUT2D eigenvalue weighted by molar-refractivity contribution is -0.210. The molecule has 3 heterocycles.